The van der Waals surface area contributed by atoms with Gasteiger partial charge in [0.15, 0.2) is 5.78 Å². The van der Waals surface area contributed by atoms with Gasteiger partial charge in [0, 0.05) is 5.56 Å². The normalized spacial score (nSPS) is 10.1. The van der Waals surface area contributed by atoms with Crippen molar-refractivity contribution < 1.29 is 14.3 Å². The summed E-state index contributed by atoms with van der Waals surface area (Å²) in [5.74, 6) is 0.436. The first-order valence-electron chi connectivity index (χ1n) is 6.21. The van der Waals surface area contributed by atoms with Crippen LogP contribution in [0.2, 0.25) is 0 Å². The van der Waals surface area contributed by atoms with E-state index in [1.807, 2.05) is 31.2 Å². The molecular formula is C16H15NO3. The van der Waals surface area contributed by atoms with Gasteiger partial charge in [-0.25, -0.2) is 0 Å². The highest BCUT2D eigenvalue weighted by Crippen LogP contribution is 2.22. The highest BCUT2D eigenvalue weighted by Gasteiger charge is 2.09. The van der Waals surface area contributed by atoms with Gasteiger partial charge in [-0.15, -0.1) is 0 Å². The molecule has 0 aromatic heterocycles. The Morgan fingerprint density at radius 1 is 0.950 bits per heavy atom. The lowest BCUT2D eigenvalue weighted by molar-refractivity contribution is -0.117. The molecule has 0 saturated heterocycles. The average Bonchev–Trinajstić information content (AvgIpc) is 2.41. The molecule has 1 amide bonds. The number of rotatable bonds is 5. The van der Waals surface area contributed by atoms with Gasteiger partial charge in [0.1, 0.15) is 11.5 Å². The predicted octanol–water partition coefficient (Wildman–Crippen LogP) is 2.85. The molecular weight excluding hydrogens is 254 g/mol. The molecule has 0 heterocycles. The number of carbonyl (C=O) groups excluding carboxylic acids is 2. The van der Waals surface area contributed by atoms with Crippen molar-refractivity contribution in [1.82, 2.24) is 0 Å². The first kappa shape index (κ1) is 13.8. The van der Waals surface area contributed by atoms with E-state index in [-0.39, 0.29) is 12.2 Å². The van der Waals surface area contributed by atoms with Crippen LogP contribution in [-0.4, -0.2) is 11.7 Å². The zero-order valence-corrected chi connectivity index (χ0v) is 11.1. The second kappa shape index (κ2) is 6.02. The second-order valence-electron chi connectivity index (χ2n) is 4.51. The highest BCUT2D eigenvalue weighted by atomic mass is 16.5. The Morgan fingerprint density at radius 3 is 1.95 bits per heavy atom. The highest BCUT2D eigenvalue weighted by molar-refractivity contribution is 6.06. The molecule has 4 nitrogen and oxygen atoms in total. The van der Waals surface area contributed by atoms with Crippen LogP contribution < -0.4 is 10.5 Å². The number of nitrogens with two attached hydrogens (primary N) is 1. The van der Waals surface area contributed by atoms with Crippen LogP contribution in [-0.2, 0) is 4.79 Å². The summed E-state index contributed by atoms with van der Waals surface area (Å²) in [6, 6.07) is 14.3. The summed E-state index contributed by atoms with van der Waals surface area (Å²) in [5.41, 5.74) is 6.59. The van der Waals surface area contributed by atoms with Crippen molar-refractivity contribution in [3.63, 3.8) is 0 Å². The van der Waals surface area contributed by atoms with E-state index in [0.717, 1.165) is 11.3 Å². The maximum atomic E-state index is 11.6. The number of carbonyl (C=O) groups is 2. The topological polar surface area (TPSA) is 69.4 Å². The number of Topliss-reactive ketones (excluding diaryl/α,β-unsaturated/α-hetero) is 1. The molecule has 0 radical (unpaired) electrons. The van der Waals surface area contributed by atoms with E-state index in [2.05, 4.69) is 0 Å². The molecule has 0 spiro atoms. The number of ketones is 1. The van der Waals surface area contributed by atoms with E-state index >= 15 is 0 Å². The van der Waals surface area contributed by atoms with Crippen molar-refractivity contribution in [3.05, 3.63) is 59.7 Å². The molecule has 2 aromatic carbocycles. The molecule has 0 bridgehead atoms. The van der Waals surface area contributed by atoms with Crippen LogP contribution in [0, 0.1) is 6.92 Å². The molecule has 102 valence electrons. The zero-order valence-electron chi connectivity index (χ0n) is 11.1. The monoisotopic (exact) mass is 269 g/mol. The minimum Gasteiger partial charge on any atom is -0.457 e. The molecule has 0 aliphatic carbocycles. The molecule has 4 heteroatoms. The Bertz CT molecular complexity index is 615. The fraction of sp³-hybridized carbons (Fsp3) is 0.125. The molecule has 0 aliphatic heterocycles. The first-order valence-corrected chi connectivity index (χ1v) is 6.21. The lowest BCUT2D eigenvalue weighted by Gasteiger charge is -2.06. The number of benzene rings is 2. The minimum atomic E-state index is -0.630. The average molecular weight is 269 g/mol. The van der Waals surface area contributed by atoms with E-state index in [1.54, 1.807) is 24.3 Å². The minimum absolute atomic E-state index is 0.280. The largest absolute Gasteiger partial charge is 0.457 e. The Hall–Kier alpha value is -2.62. The van der Waals surface area contributed by atoms with Crippen molar-refractivity contribution in [3.8, 4) is 11.5 Å². The second-order valence-corrected chi connectivity index (χ2v) is 4.51. The Balaban J connectivity index is 2.06. The quantitative estimate of drug-likeness (QED) is 0.670. The van der Waals surface area contributed by atoms with E-state index in [9.17, 15) is 9.59 Å². The molecule has 0 atom stereocenters. The van der Waals surface area contributed by atoms with Gasteiger partial charge in [-0.05, 0) is 43.3 Å². The SMILES string of the molecule is Cc1ccc(Oc2ccc(C(=O)CC(N)=O)cc2)cc1. The molecule has 0 unspecified atom stereocenters. The molecule has 0 aliphatic rings. The van der Waals surface area contributed by atoms with E-state index in [4.69, 9.17) is 10.5 Å². The van der Waals surface area contributed by atoms with Crippen LogP contribution >= 0.6 is 0 Å². The van der Waals surface area contributed by atoms with Crippen molar-refractivity contribution in [2.75, 3.05) is 0 Å². The number of hydrogen-bond donors (Lipinski definition) is 1. The van der Waals surface area contributed by atoms with Crippen LogP contribution in [0.4, 0.5) is 0 Å². The summed E-state index contributed by atoms with van der Waals surface area (Å²) in [7, 11) is 0. The zero-order chi connectivity index (χ0) is 14.5. The van der Waals surface area contributed by atoms with Crippen molar-refractivity contribution in [2.24, 2.45) is 5.73 Å². The van der Waals surface area contributed by atoms with Gasteiger partial charge >= 0.3 is 0 Å². The van der Waals surface area contributed by atoms with Crippen molar-refractivity contribution in [2.45, 2.75) is 13.3 Å². The summed E-state index contributed by atoms with van der Waals surface area (Å²) in [6.07, 6.45) is -0.280. The number of aryl methyl sites for hydroxylation is 1. The smallest absolute Gasteiger partial charge is 0.225 e. The summed E-state index contributed by atoms with van der Waals surface area (Å²) >= 11 is 0. The van der Waals surface area contributed by atoms with Crippen LogP contribution in [0.15, 0.2) is 48.5 Å². The van der Waals surface area contributed by atoms with Crippen LogP contribution in [0.3, 0.4) is 0 Å². The number of amides is 1. The van der Waals surface area contributed by atoms with Crippen molar-refractivity contribution in [1.29, 1.82) is 0 Å². The van der Waals surface area contributed by atoms with E-state index in [1.165, 1.54) is 0 Å². The van der Waals surface area contributed by atoms with E-state index < -0.39 is 5.91 Å². The standard InChI is InChI=1S/C16H15NO3/c1-11-2-6-13(7-3-11)20-14-8-4-12(5-9-14)15(18)10-16(17)19/h2-9H,10H2,1H3,(H2,17,19). The molecule has 2 aromatic rings. The first-order chi connectivity index (χ1) is 9.54. The number of primary amides is 1. The summed E-state index contributed by atoms with van der Waals surface area (Å²) < 4.78 is 5.65. The number of hydrogen-bond acceptors (Lipinski definition) is 3. The maximum absolute atomic E-state index is 11.6. The van der Waals surface area contributed by atoms with Gasteiger partial charge in [0.05, 0.1) is 6.42 Å². The Labute approximate surface area is 117 Å². The van der Waals surface area contributed by atoms with Gasteiger partial charge in [-0.1, -0.05) is 17.7 Å². The fourth-order valence-corrected chi connectivity index (χ4v) is 1.71. The van der Waals surface area contributed by atoms with Gasteiger partial charge in [-0.3, -0.25) is 9.59 Å². The molecule has 20 heavy (non-hydrogen) atoms. The van der Waals surface area contributed by atoms with Gasteiger partial charge in [-0.2, -0.15) is 0 Å². The Morgan fingerprint density at radius 2 is 1.45 bits per heavy atom. The third kappa shape index (κ3) is 3.68. The summed E-state index contributed by atoms with van der Waals surface area (Å²) in [6.45, 7) is 2.00. The summed E-state index contributed by atoms with van der Waals surface area (Å²) in [5, 5.41) is 0. The third-order valence-electron chi connectivity index (χ3n) is 2.77. The third-order valence-corrected chi connectivity index (χ3v) is 2.77. The van der Waals surface area contributed by atoms with Gasteiger partial charge in [0.25, 0.3) is 0 Å². The molecule has 0 saturated carbocycles. The van der Waals surface area contributed by atoms with Gasteiger partial charge < -0.3 is 10.5 Å². The number of ether oxygens (including phenoxy) is 1. The fourth-order valence-electron chi connectivity index (χ4n) is 1.71. The molecule has 0 fully saturated rings. The maximum Gasteiger partial charge on any atom is 0.225 e. The summed E-state index contributed by atoms with van der Waals surface area (Å²) in [4.78, 5) is 22.3. The molecule has 2 rings (SSSR count). The van der Waals surface area contributed by atoms with Crippen LogP contribution in [0.1, 0.15) is 22.3 Å². The predicted molar refractivity (Wildman–Crippen MR) is 75.8 cm³/mol. The van der Waals surface area contributed by atoms with Gasteiger partial charge in [0.2, 0.25) is 5.91 Å². The lowest BCUT2D eigenvalue weighted by atomic mass is 10.1. The van der Waals surface area contributed by atoms with E-state index in [0.29, 0.717) is 11.3 Å². The Kier molecular flexibility index (Phi) is 4.15. The van der Waals surface area contributed by atoms with Crippen molar-refractivity contribution >= 4 is 11.7 Å². The van der Waals surface area contributed by atoms with Crippen LogP contribution in [0.25, 0.3) is 0 Å². The lowest BCUT2D eigenvalue weighted by Crippen LogP contribution is -2.16. The molecule has 2 N–H and O–H groups in total. The van der Waals surface area contributed by atoms with Crippen LogP contribution in [0.5, 0.6) is 11.5 Å².